The predicted octanol–water partition coefficient (Wildman–Crippen LogP) is 1.74. The van der Waals surface area contributed by atoms with Crippen LogP contribution in [0.2, 0.25) is 0 Å². The van der Waals surface area contributed by atoms with E-state index in [1.54, 1.807) is 0 Å². The zero-order valence-corrected chi connectivity index (χ0v) is 11.0. The molecule has 1 aromatic carbocycles. The number of nitrogens with two attached hydrogens (primary N) is 1. The van der Waals surface area contributed by atoms with E-state index in [1.165, 1.54) is 0 Å². The molecule has 0 amide bonds. The third kappa shape index (κ3) is 2.03. The average molecular weight is 287 g/mol. The molecule has 1 aliphatic rings. The lowest BCUT2D eigenvalue weighted by molar-refractivity contribution is 0.173. The average Bonchev–Trinajstić information content (AvgIpc) is 2.66. The molecule has 0 aliphatic carbocycles. The third-order valence-corrected chi connectivity index (χ3v) is 3.27. The highest BCUT2D eigenvalue weighted by atomic mass is 79.9. The second-order valence-electron chi connectivity index (χ2n) is 3.95. The lowest BCUT2D eigenvalue weighted by Gasteiger charge is -2.23. The lowest BCUT2D eigenvalue weighted by Crippen LogP contribution is -2.27. The molecule has 1 aliphatic heterocycles. The first-order valence-corrected chi connectivity index (χ1v) is 5.88. The minimum Gasteiger partial charge on any atom is -0.454 e. The normalized spacial score (nSPS) is 15.6. The van der Waals surface area contributed by atoms with Gasteiger partial charge in [0.15, 0.2) is 11.5 Å². The Morgan fingerprint density at radius 1 is 1.44 bits per heavy atom. The molecule has 0 radical (unpaired) electrons. The minimum absolute atomic E-state index is 0.186. The van der Waals surface area contributed by atoms with Crippen molar-refractivity contribution in [3.63, 3.8) is 0 Å². The Kier molecular flexibility index (Phi) is 3.37. The van der Waals surface area contributed by atoms with E-state index in [9.17, 15) is 0 Å². The summed E-state index contributed by atoms with van der Waals surface area (Å²) in [4.78, 5) is 2.09. The van der Waals surface area contributed by atoms with Gasteiger partial charge in [-0.1, -0.05) is 0 Å². The van der Waals surface area contributed by atoms with Crippen LogP contribution in [0.25, 0.3) is 0 Å². The van der Waals surface area contributed by atoms with Crippen LogP contribution in [-0.4, -0.2) is 32.3 Å². The van der Waals surface area contributed by atoms with E-state index in [2.05, 4.69) is 20.8 Å². The largest absolute Gasteiger partial charge is 0.454 e. The maximum Gasteiger partial charge on any atom is 0.231 e. The van der Waals surface area contributed by atoms with Gasteiger partial charge in [0.1, 0.15) is 0 Å². The van der Waals surface area contributed by atoms with Crippen LogP contribution in [-0.2, 0) is 0 Å². The van der Waals surface area contributed by atoms with Crippen molar-refractivity contribution in [3.8, 4) is 11.5 Å². The van der Waals surface area contributed by atoms with Crippen LogP contribution in [0.15, 0.2) is 16.6 Å². The molecule has 88 valence electrons. The lowest BCUT2D eigenvalue weighted by atomic mass is 10.1. The fourth-order valence-corrected chi connectivity index (χ4v) is 2.40. The topological polar surface area (TPSA) is 47.7 Å². The van der Waals surface area contributed by atoms with Crippen LogP contribution < -0.4 is 15.2 Å². The quantitative estimate of drug-likeness (QED) is 0.920. The molecule has 0 bridgehead atoms. The summed E-state index contributed by atoms with van der Waals surface area (Å²) >= 11 is 3.48. The molecule has 0 aromatic heterocycles. The molecule has 5 heteroatoms. The molecule has 16 heavy (non-hydrogen) atoms. The molecule has 0 fully saturated rings. The number of hydrogen-bond donors (Lipinski definition) is 1. The van der Waals surface area contributed by atoms with E-state index in [1.807, 2.05) is 26.2 Å². The number of likely N-dealkylation sites (N-methyl/N-ethyl adjacent to an activating group) is 1. The van der Waals surface area contributed by atoms with Crippen molar-refractivity contribution in [1.29, 1.82) is 0 Å². The van der Waals surface area contributed by atoms with Gasteiger partial charge in [0, 0.05) is 12.6 Å². The number of nitrogens with zero attached hydrogens (tertiary/aromatic N) is 1. The van der Waals surface area contributed by atoms with Gasteiger partial charge in [0.25, 0.3) is 0 Å². The van der Waals surface area contributed by atoms with Crippen molar-refractivity contribution in [2.45, 2.75) is 6.04 Å². The summed E-state index contributed by atoms with van der Waals surface area (Å²) in [5.74, 6) is 1.56. The van der Waals surface area contributed by atoms with Gasteiger partial charge in [0.05, 0.1) is 4.47 Å². The van der Waals surface area contributed by atoms with Crippen molar-refractivity contribution < 1.29 is 9.47 Å². The molecule has 0 spiro atoms. The maximum absolute atomic E-state index is 5.77. The van der Waals surface area contributed by atoms with Gasteiger partial charge in [-0.05, 0) is 47.7 Å². The van der Waals surface area contributed by atoms with Gasteiger partial charge in [-0.3, -0.25) is 0 Å². The summed E-state index contributed by atoms with van der Waals surface area (Å²) in [5, 5.41) is 0. The smallest absolute Gasteiger partial charge is 0.231 e. The van der Waals surface area contributed by atoms with Crippen LogP contribution in [0.1, 0.15) is 11.6 Å². The number of ether oxygens (including phenoxy) is 2. The first-order valence-electron chi connectivity index (χ1n) is 5.09. The van der Waals surface area contributed by atoms with Crippen LogP contribution in [0.3, 0.4) is 0 Å². The van der Waals surface area contributed by atoms with Gasteiger partial charge in [-0.15, -0.1) is 0 Å². The summed E-state index contributed by atoms with van der Waals surface area (Å²) in [7, 11) is 4.02. The summed E-state index contributed by atoms with van der Waals surface area (Å²) in [6.45, 7) is 0.853. The molecule has 1 aromatic rings. The Morgan fingerprint density at radius 2 is 2.19 bits per heavy atom. The molecule has 4 nitrogen and oxygen atoms in total. The van der Waals surface area contributed by atoms with E-state index in [4.69, 9.17) is 15.2 Å². The molecule has 1 atom stereocenters. The van der Waals surface area contributed by atoms with Crippen LogP contribution in [0.5, 0.6) is 11.5 Å². The van der Waals surface area contributed by atoms with Gasteiger partial charge in [-0.25, -0.2) is 0 Å². The molecule has 2 N–H and O–H groups in total. The Bertz CT molecular complexity index is 396. The van der Waals surface area contributed by atoms with Crippen LogP contribution in [0.4, 0.5) is 0 Å². The van der Waals surface area contributed by atoms with Crippen molar-refractivity contribution in [2.24, 2.45) is 5.73 Å². The van der Waals surface area contributed by atoms with Crippen molar-refractivity contribution in [1.82, 2.24) is 4.90 Å². The Morgan fingerprint density at radius 3 is 2.81 bits per heavy atom. The van der Waals surface area contributed by atoms with E-state index >= 15 is 0 Å². The highest BCUT2D eigenvalue weighted by Gasteiger charge is 2.21. The fourth-order valence-electron chi connectivity index (χ4n) is 1.82. The van der Waals surface area contributed by atoms with E-state index in [-0.39, 0.29) is 12.8 Å². The Labute approximate surface area is 103 Å². The Hall–Kier alpha value is -0.780. The monoisotopic (exact) mass is 286 g/mol. The highest BCUT2D eigenvalue weighted by Crippen LogP contribution is 2.41. The number of rotatable bonds is 3. The zero-order chi connectivity index (χ0) is 11.7. The van der Waals surface area contributed by atoms with Crippen LogP contribution >= 0.6 is 15.9 Å². The maximum atomic E-state index is 5.77. The first kappa shape index (κ1) is 11.7. The first-order chi connectivity index (χ1) is 7.63. The standard InChI is InChI=1S/C11H15BrN2O2/c1-14(2)9(5-13)7-3-8(12)11-10(4-7)15-6-16-11/h3-4,9H,5-6,13H2,1-2H3. The molecular formula is C11H15BrN2O2. The SMILES string of the molecule is CN(C)C(CN)c1cc(Br)c2c(c1)OCO2. The molecule has 1 heterocycles. The molecule has 2 rings (SSSR count). The molecule has 1 unspecified atom stereocenters. The van der Waals surface area contributed by atoms with Crippen molar-refractivity contribution in [2.75, 3.05) is 27.4 Å². The second-order valence-corrected chi connectivity index (χ2v) is 4.81. The highest BCUT2D eigenvalue weighted by molar-refractivity contribution is 9.10. The number of fused-ring (bicyclic) bond motifs is 1. The fraction of sp³-hybridized carbons (Fsp3) is 0.455. The molecule has 0 saturated carbocycles. The van der Waals surface area contributed by atoms with E-state index in [0.717, 1.165) is 21.5 Å². The van der Waals surface area contributed by atoms with Crippen molar-refractivity contribution >= 4 is 15.9 Å². The van der Waals surface area contributed by atoms with Gasteiger partial charge in [0.2, 0.25) is 6.79 Å². The second kappa shape index (κ2) is 4.61. The zero-order valence-electron chi connectivity index (χ0n) is 9.37. The summed E-state index contributed by atoms with van der Waals surface area (Å²) in [6, 6.07) is 4.21. The molecular weight excluding hydrogens is 272 g/mol. The summed E-state index contributed by atoms with van der Waals surface area (Å²) in [5.41, 5.74) is 6.90. The predicted molar refractivity (Wildman–Crippen MR) is 65.7 cm³/mol. The summed E-state index contributed by atoms with van der Waals surface area (Å²) in [6.07, 6.45) is 0. The Balaban J connectivity index is 2.39. The van der Waals surface area contributed by atoms with E-state index < -0.39 is 0 Å². The number of benzene rings is 1. The van der Waals surface area contributed by atoms with E-state index in [0.29, 0.717) is 6.54 Å². The third-order valence-electron chi connectivity index (χ3n) is 2.68. The van der Waals surface area contributed by atoms with Gasteiger partial charge >= 0.3 is 0 Å². The summed E-state index contributed by atoms with van der Waals surface area (Å²) < 4.78 is 11.6. The number of hydrogen-bond acceptors (Lipinski definition) is 4. The van der Waals surface area contributed by atoms with Crippen molar-refractivity contribution in [3.05, 3.63) is 22.2 Å². The molecule has 0 saturated heterocycles. The van der Waals surface area contributed by atoms with Gasteiger partial charge < -0.3 is 20.1 Å². The minimum atomic E-state index is 0.186. The van der Waals surface area contributed by atoms with Crippen LogP contribution in [0, 0.1) is 0 Å². The van der Waals surface area contributed by atoms with Gasteiger partial charge in [-0.2, -0.15) is 0 Å². The number of halogens is 1.